The van der Waals surface area contributed by atoms with Crippen LogP contribution in [-0.2, 0) is 16.6 Å². The minimum absolute atomic E-state index is 0.259. The highest BCUT2D eigenvalue weighted by molar-refractivity contribution is 7.90. The number of ether oxygens (including phenoxy) is 1. The lowest BCUT2D eigenvalue weighted by Crippen LogP contribution is -2.36. The third-order valence-electron chi connectivity index (χ3n) is 3.67. The van der Waals surface area contributed by atoms with Gasteiger partial charge in [-0.3, -0.25) is 4.90 Å². The summed E-state index contributed by atoms with van der Waals surface area (Å²) in [5.41, 5.74) is 1.13. The molecule has 1 N–H and O–H groups in total. The Labute approximate surface area is 132 Å². The molecular formula is C16H22N2O3S. The van der Waals surface area contributed by atoms with Crippen LogP contribution in [0.4, 0.5) is 0 Å². The van der Waals surface area contributed by atoms with Crippen LogP contribution in [0.5, 0.6) is 5.75 Å². The number of rotatable bonds is 7. The van der Waals surface area contributed by atoms with Crippen molar-refractivity contribution in [3.8, 4) is 18.1 Å². The van der Waals surface area contributed by atoms with E-state index in [0.29, 0.717) is 19.5 Å². The summed E-state index contributed by atoms with van der Waals surface area (Å²) < 4.78 is 31.9. The van der Waals surface area contributed by atoms with Crippen LogP contribution in [0.2, 0.25) is 0 Å². The zero-order chi connectivity index (χ0) is 16.0. The lowest BCUT2D eigenvalue weighted by atomic mass is 10.2. The summed E-state index contributed by atoms with van der Waals surface area (Å²) in [6.45, 7) is 4.62. The van der Waals surface area contributed by atoms with Crippen molar-refractivity contribution in [2.45, 2.75) is 25.1 Å². The monoisotopic (exact) mass is 322 g/mol. The number of benzene rings is 1. The average molecular weight is 322 g/mol. The molecule has 5 nitrogen and oxygen atoms in total. The number of nitrogens with one attached hydrogen (secondary N) is 1. The van der Waals surface area contributed by atoms with Crippen LogP contribution < -0.4 is 9.46 Å². The highest BCUT2D eigenvalue weighted by Gasteiger charge is 2.32. The highest BCUT2D eigenvalue weighted by Crippen LogP contribution is 2.20. The van der Waals surface area contributed by atoms with Gasteiger partial charge in [-0.1, -0.05) is 25.0 Å². The Morgan fingerprint density at radius 3 is 2.77 bits per heavy atom. The Morgan fingerprint density at radius 2 is 2.14 bits per heavy atom. The lowest BCUT2D eigenvalue weighted by molar-refractivity contribution is 0.330. The van der Waals surface area contributed by atoms with Crippen molar-refractivity contribution >= 4 is 10.0 Å². The molecule has 1 saturated heterocycles. The molecule has 0 radical (unpaired) electrons. The van der Waals surface area contributed by atoms with Crippen molar-refractivity contribution in [1.82, 2.24) is 9.62 Å². The van der Waals surface area contributed by atoms with Gasteiger partial charge in [-0.2, -0.15) is 0 Å². The molecule has 120 valence electrons. The molecule has 2 rings (SSSR count). The van der Waals surface area contributed by atoms with Crippen LogP contribution in [-0.4, -0.2) is 44.8 Å². The Hall–Kier alpha value is -1.55. The molecule has 0 aromatic heterocycles. The normalized spacial score (nSPS) is 19.0. The number of sulfonamides is 1. The topological polar surface area (TPSA) is 58.6 Å². The molecule has 1 fully saturated rings. The van der Waals surface area contributed by atoms with E-state index in [1.807, 2.05) is 24.3 Å². The SMILES string of the molecule is C#CCOc1ccc(CN2CC[C@H](S(=O)(=O)NCC)C2)cc1. The molecule has 6 heteroatoms. The first-order chi connectivity index (χ1) is 10.5. The van der Waals surface area contributed by atoms with Crippen molar-refractivity contribution in [2.75, 3.05) is 26.2 Å². The molecule has 0 saturated carbocycles. The fraction of sp³-hybridized carbons (Fsp3) is 0.500. The van der Waals surface area contributed by atoms with Gasteiger partial charge in [0.15, 0.2) is 0 Å². The number of nitrogens with zero attached hydrogens (tertiary/aromatic N) is 1. The fourth-order valence-corrected chi connectivity index (χ4v) is 4.05. The zero-order valence-corrected chi connectivity index (χ0v) is 13.6. The Kier molecular flexibility index (Phi) is 5.83. The van der Waals surface area contributed by atoms with Gasteiger partial charge >= 0.3 is 0 Å². The van der Waals surface area contributed by atoms with E-state index in [4.69, 9.17) is 11.2 Å². The number of terminal acetylenes is 1. The smallest absolute Gasteiger partial charge is 0.215 e. The second kappa shape index (κ2) is 7.63. The van der Waals surface area contributed by atoms with Gasteiger partial charge < -0.3 is 4.74 Å². The van der Waals surface area contributed by atoms with Gasteiger partial charge in [0.05, 0.1) is 5.25 Å². The maximum absolute atomic E-state index is 12.0. The Bertz CT molecular complexity index is 620. The molecule has 1 atom stereocenters. The summed E-state index contributed by atoms with van der Waals surface area (Å²) in [6, 6.07) is 7.74. The maximum atomic E-state index is 12.0. The van der Waals surface area contributed by atoms with Crippen molar-refractivity contribution in [2.24, 2.45) is 0 Å². The standard InChI is InChI=1S/C16H22N2O3S/c1-3-11-21-15-7-5-14(6-8-15)12-18-10-9-16(13-18)22(19,20)17-4-2/h1,5-8,16-17H,4,9-13H2,2H3/t16-/m0/s1. The predicted octanol–water partition coefficient (Wildman–Crippen LogP) is 1.21. The van der Waals surface area contributed by atoms with Crippen molar-refractivity contribution in [3.63, 3.8) is 0 Å². The minimum Gasteiger partial charge on any atom is -0.481 e. The van der Waals surface area contributed by atoms with Gasteiger partial charge in [-0.15, -0.1) is 6.42 Å². The van der Waals surface area contributed by atoms with E-state index >= 15 is 0 Å². The second-order valence-electron chi connectivity index (χ2n) is 5.33. The number of hydrogen-bond acceptors (Lipinski definition) is 4. The molecule has 1 aliphatic rings. The number of likely N-dealkylation sites (tertiary alicyclic amines) is 1. The maximum Gasteiger partial charge on any atom is 0.215 e. The molecule has 0 spiro atoms. The molecule has 1 aromatic rings. The third kappa shape index (κ3) is 4.47. The summed E-state index contributed by atoms with van der Waals surface area (Å²) >= 11 is 0. The van der Waals surface area contributed by atoms with Gasteiger partial charge in [-0.25, -0.2) is 13.1 Å². The van der Waals surface area contributed by atoms with Crippen LogP contribution in [0.25, 0.3) is 0 Å². The summed E-state index contributed by atoms with van der Waals surface area (Å²) in [5.74, 6) is 3.17. The number of hydrogen-bond donors (Lipinski definition) is 1. The van der Waals surface area contributed by atoms with Crippen molar-refractivity contribution < 1.29 is 13.2 Å². The van der Waals surface area contributed by atoms with Gasteiger partial charge in [0.1, 0.15) is 12.4 Å². The molecule has 0 bridgehead atoms. The van der Waals surface area contributed by atoms with E-state index in [1.165, 1.54) is 0 Å². The van der Waals surface area contributed by atoms with Gasteiger partial charge in [0, 0.05) is 19.6 Å². The first-order valence-corrected chi connectivity index (χ1v) is 8.96. The van der Waals surface area contributed by atoms with E-state index in [1.54, 1.807) is 6.92 Å². The van der Waals surface area contributed by atoms with Crippen LogP contribution in [0, 0.1) is 12.3 Å². The van der Waals surface area contributed by atoms with Crippen molar-refractivity contribution in [3.05, 3.63) is 29.8 Å². The first kappa shape index (κ1) is 16.8. The van der Waals surface area contributed by atoms with Crippen molar-refractivity contribution in [1.29, 1.82) is 0 Å². The van der Waals surface area contributed by atoms with Crippen LogP contribution in [0.1, 0.15) is 18.9 Å². The summed E-state index contributed by atoms with van der Waals surface area (Å²) in [6.07, 6.45) is 5.83. The van der Waals surface area contributed by atoms with E-state index in [-0.39, 0.29) is 11.9 Å². The largest absolute Gasteiger partial charge is 0.481 e. The third-order valence-corrected chi connectivity index (χ3v) is 5.62. The van der Waals surface area contributed by atoms with E-state index < -0.39 is 10.0 Å². The molecule has 1 heterocycles. The van der Waals surface area contributed by atoms with E-state index in [0.717, 1.165) is 24.4 Å². The summed E-state index contributed by atoms with van der Waals surface area (Å²) in [4.78, 5) is 2.16. The molecular weight excluding hydrogens is 300 g/mol. The van der Waals surface area contributed by atoms with Crippen LogP contribution >= 0.6 is 0 Å². The summed E-state index contributed by atoms with van der Waals surface area (Å²) in [7, 11) is -3.18. The molecule has 1 aromatic carbocycles. The fourth-order valence-electron chi connectivity index (χ4n) is 2.59. The average Bonchev–Trinajstić information content (AvgIpc) is 2.96. The molecule has 0 aliphatic carbocycles. The first-order valence-electron chi connectivity index (χ1n) is 7.41. The predicted molar refractivity (Wildman–Crippen MR) is 87.0 cm³/mol. The van der Waals surface area contributed by atoms with Gasteiger partial charge in [0.2, 0.25) is 10.0 Å². The van der Waals surface area contributed by atoms with Crippen LogP contribution in [0.15, 0.2) is 24.3 Å². The highest BCUT2D eigenvalue weighted by atomic mass is 32.2. The minimum atomic E-state index is -3.18. The molecule has 22 heavy (non-hydrogen) atoms. The second-order valence-corrected chi connectivity index (χ2v) is 7.37. The Balaban J connectivity index is 1.89. The van der Waals surface area contributed by atoms with Gasteiger partial charge in [0.25, 0.3) is 0 Å². The van der Waals surface area contributed by atoms with Gasteiger partial charge in [-0.05, 0) is 30.7 Å². The molecule has 0 unspecified atom stereocenters. The van der Waals surface area contributed by atoms with E-state index in [9.17, 15) is 8.42 Å². The van der Waals surface area contributed by atoms with Crippen LogP contribution in [0.3, 0.4) is 0 Å². The quantitative estimate of drug-likeness (QED) is 0.767. The molecule has 0 amide bonds. The summed E-state index contributed by atoms with van der Waals surface area (Å²) in [5, 5.41) is -0.314. The Morgan fingerprint density at radius 1 is 1.41 bits per heavy atom. The zero-order valence-electron chi connectivity index (χ0n) is 12.8. The molecule has 1 aliphatic heterocycles. The van der Waals surface area contributed by atoms with E-state index in [2.05, 4.69) is 15.5 Å². The lowest BCUT2D eigenvalue weighted by Gasteiger charge is -2.16.